The summed E-state index contributed by atoms with van der Waals surface area (Å²) in [5, 5.41) is 17.2. The van der Waals surface area contributed by atoms with Gasteiger partial charge in [0.2, 0.25) is 0 Å². The molecule has 1 atom stereocenters. The van der Waals surface area contributed by atoms with E-state index in [1.165, 1.54) is 11.1 Å². The van der Waals surface area contributed by atoms with Crippen LogP contribution in [0.5, 0.6) is 0 Å². The van der Waals surface area contributed by atoms with Crippen LogP contribution in [0.15, 0.2) is 42.7 Å². The molecule has 0 fully saturated rings. The van der Waals surface area contributed by atoms with Crippen molar-refractivity contribution in [2.24, 2.45) is 0 Å². The van der Waals surface area contributed by atoms with Crippen molar-refractivity contribution in [1.29, 1.82) is 0 Å². The van der Waals surface area contributed by atoms with Crippen LogP contribution in [0, 0.1) is 6.92 Å². The van der Waals surface area contributed by atoms with Crippen LogP contribution in [0.2, 0.25) is 0 Å². The molecule has 0 aliphatic carbocycles. The molecule has 102 valence electrons. The Morgan fingerprint density at radius 1 is 1.37 bits per heavy atom. The average molecular weight is 259 g/mol. The maximum absolute atomic E-state index is 9.84. The Bertz CT molecular complexity index is 482. The molecule has 19 heavy (non-hydrogen) atoms. The SMILES string of the molecule is Cc1cccc(CCNCC(O)Cn2cccn2)c1. The number of benzene rings is 1. The fourth-order valence-electron chi connectivity index (χ4n) is 2.06. The zero-order chi connectivity index (χ0) is 13.5. The normalized spacial score (nSPS) is 12.5. The van der Waals surface area contributed by atoms with Crippen LogP contribution in [0.1, 0.15) is 11.1 Å². The number of nitrogens with zero attached hydrogens (tertiary/aromatic N) is 2. The minimum Gasteiger partial charge on any atom is -0.390 e. The van der Waals surface area contributed by atoms with E-state index in [0.717, 1.165) is 13.0 Å². The smallest absolute Gasteiger partial charge is 0.0860 e. The van der Waals surface area contributed by atoms with Crippen molar-refractivity contribution in [3.63, 3.8) is 0 Å². The molecule has 0 aliphatic rings. The number of hydrogen-bond acceptors (Lipinski definition) is 3. The Hall–Kier alpha value is -1.65. The largest absolute Gasteiger partial charge is 0.390 e. The summed E-state index contributed by atoms with van der Waals surface area (Å²) in [5.74, 6) is 0. The Balaban J connectivity index is 1.64. The molecule has 1 aromatic heterocycles. The Morgan fingerprint density at radius 3 is 3.00 bits per heavy atom. The molecule has 0 amide bonds. The number of aliphatic hydroxyl groups excluding tert-OH is 1. The lowest BCUT2D eigenvalue weighted by Crippen LogP contribution is -2.31. The third kappa shape index (κ3) is 4.85. The first-order chi connectivity index (χ1) is 9.24. The summed E-state index contributed by atoms with van der Waals surface area (Å²) in [6.07, 6.45) is 4.15. The van der Waals surface area contributed by atoms with Crippen LogP contribution < -0.4 is 5.32 Å². The molecule has 1 aromatic carbocycles. The van der Waals surface area contributed by atoms with Crippen LogP contribution >= 0.6 is 0 Å². The molecule has 0 saturated heterocycles. The summed E-state index contributed by atoms with van der Waals surface area (Å²) >= 11 is 0. The van der Waals surface area contributed by atoms with Gasteiger partial charge >= 0.3 is 0 Å². The van der Waals surface area contributed by atoms with Crippen molar-refractivity contribution in [2.45, 2.75) is 26.0 Å². The van der Waals surface area contributed by atoms with Gasteiger partial charge in [0.25, 0.3) is 0 Å². The van der Waals surface area contributed by atoms with E-state index >= 15 is 0 Å². The highest BCUT2D eigenvalue weighted by Crippen LogP contribution is 2.03. The van der Waals surface area contributed by atoms with Crippen LogP contribution in [0.25, 0.3) is 0 Å². The highest BCUT2D eigenvalue weighted by molar-refractivity contribution is 5.22. The van der Waals surface area contributed by atoms with Crippen molar-refractivity contribution < 1.29 is 5.11 Å². The van der Waals surface area contributed by atoms with Crippen LogP contribution in [0.4, 0.5) is 0 Å². The maximum Gasteiger partial charge on any atom is 0.0860 e. The fraction of sp³-hybridized carbons (Fsp3) is 0.400. The first-order valence-electron chi connectivity index (χ1n) is 6.66. The maximum atomic E-state index is 9.84. The molecule has 1 heterocycles. The predicted molar refractivity (Wildman–Crippen MR) is 76.0 cm³/mol. The van der Waals surface area contributed by atoms with Gasteiger partial charge in [-0.1, -0.05) is 29.8 Å². The third-order valence-corrected chi connectivity index (χ3v) is 3.01. The molecule has 2 N–H and O–H groups in total. The van der Waals surface area contributed by atoms with E-state index < -0.39 is 6.10 Å². The third-order valence-electron chi connectivity index (χ3n) is 3.01. The number of hydrogen-bond donors (Lipinski definition) is 2. The molecule has 4 nitrogen and oxygen atoms in total. The molecule has 2 aromatic rings. The van der Waals surface area contributed by atoms with Gasteiger partial charge in [-0.15, -0.1) is 0 Å². The first kappa shape index (κ1) is 13.8. The zero-order valence-electron chi connectivity index (χ0n) is 11.3. The second kappa shape index (κ2) is 7.07. The lowest BCUT2D eigenvalue weighted by atomic mass is 10.1. The van der Waals surface area contributed by atoms with Gasteiger partial charge in [0, 0.05) is 18.9 Å². The Labute approximate surface area is 114 Å². The van der Waals surface area contributed by atoms with Gasteiger partial charge in [0.05, 0.1) is 12.6 Å². The standard InChI is InChI=1S/C15H21N3O/c1-13-4-2-5-14(10-13)6-8-16-11-15(19)12-18-9-3-7-17-18/h2-5,7,9-10,15-16,19H,6,8,11-12H2,1H3. The van der Waals surface area contributed by atoms with Crippen molar-refractivity contribution in [3.05, 3.63) is 53.9 Å². The van der Waals surface area contributed by atoms with Crippen molar-refractivity contribution in [1.82, 2.24) is 15.1 Å². The van der Waals surface area contributed by atoms with E-state index in [1.807, 2.05) is 12.3 Å². The van der Waals surface area contributed by atoms with Gasteiger partial charge in [-0.05, 0) is 31.5 Å². The van der Waals surface area contributed by atoms with E-state index in [-0.39, 0.29) is 0 Å². The van der Waals surface area contributed by atoms with Gasteiger partial charge in [0.15, 0.2) is 0 Å². The van der Waals surface area contributed by atoms with Gasteiger partial charge in [-0.2, -0.15) is 5.10 Å². The minimum absolute atomic E-state index is 0.405. The number of aryl methyl sites for hydroxylation is 1. The van der Waals surface area contributed by atoms with E-state index in [4.69, 9.17) is 0 Å². The number of aliphatic hydroxyl groups is 1. The first-order valence-corrected chi connectivity index (χ1v) is 6.66. The fourth-order valence-corrected chi connectivity index (χ4v) is 2.06. The van der Waals surface area contributed by atoms with Crippen LogP contribution in [0.3, 0.4) is 0 Å². The molecule has 1 unspecified atom stereocenters. The second-order valence-corrected chi connectivity index (χ2v) is 4.83. The summed E-state index contributed by atoms with van der Waals surface area (Å²) in [4.78, 5) is 0. The summed E-state index contributed by atoms with van der Waals surface area (Å²) in [5.41, 5.74) is 2.62. The Morgan fingerprint density at radius 2 is 2.26 bits per heavy atom. The minimum atomic E-state index is -0.405. The van der Waals surface area contributed by atoms with Crippen molar-refractivity contribution in [2.75, 3.05) is 13.1 Å². The van der Waals surface area contributed by atoms with Crippen LogP contribution in [-0.2, 0) is 13.0 Å². The van der Waals surface area contributed by atoms with Gasteiger partial charge in [0.1, 0.15) is 0 Å². The number of aromatic nitrogens is 2. The molecule has 4 heteroatoms. The highest BCUT2D eigenvalue weighted by Gasteiger charge is 2.04. The van der Waals surface area contributed by atoms with E-state index in [1.54, 1.807) is 10.9 Å². The van der Waals surface area contributed by atoms with Gasteiger partial charge in [-0.25, -0.2) is 0 Å². The number of rotatable bonds is 7. The van der Waals surface area contributed by atoms with E-state index in [0.29, 0.717) is 13.1 Å². The molecule has 0 spiro atoms. The molecule has 0 saturated carbocycles. The molecular formula is C15H21N3O. The van der Waals surface area contributed by atoms with Crippen molar-refractivity contribution >= 4 is 0 Å². The van der Waals surface area contributed by atoms with Crippen molar-refractivity contribution in [3.8, 4) is 0 Å². The van der Waals surface area contributed by atoms with Gasteiger partial charge < -0.3 is 10.4 Å². The van der Waals surface area contributed by atoms with Crippen LogP contribution in [-0.4, -0.2) is 34.1 Å². The van der Waals surface area contributed by atoms with Gasteiger partial charge in [-0.3, -0.25) is 4.68 Å². The lowest BCUT2D eigenvalue weighted by Gasteiger charge is -2.12. The van der Waals surface area contributed by atoms with E-state index in [2.05, 4.69) is 41.6 Å². The Kier molecular flexibility index (Phi) is 5.12. The quantitative estimate of drug-likeness (QED) is 0.739. The summed E-state index contributed by atoms with van der Waals surface area (Å²) in [7, 11) is 0. The molecule has 0 radical (unpaired) electrons. The predicted octanol–water partition coefficient (Wildman–Crippen LogP) is 1.38. The summed E-state index contributed by atoms with van der Waals surface area (Å²) < 4.78 is 1.74. The molecule has 0 bridgehead atoms. The summed E-state index contributed by atoms with van der Waals surface area (Å²) in [6.45, 7) is 4.10. The lowest BCUT2D eigenvalue weighted by molar-refractivity contribution is 0.147. The zero-order valence-corrected chi connectivity index (χ0v) is 11.3. The molecule has 0 aliphatic heterocycles. The highest BCUT2D eigenvalue weighted by atomic mass is 16.3. The summed E-state index contributed by atoms with van der Waals surface area (Å²) in [6, 6.07) is 10.4. The average Bonchev–Trinajstić information content (AvgIpc) is 2.87. The molecule has 2 rings (SSSR count). The molecular weight excluding hydrogens is 238 g/mol. The second-order valence-electron chi connectivity index (χ2n) is 4.83. The van der Waals surface area contributed by atoms with E-state index in [9.17, 15) is 5.11 Å². The number of nitrogens with one attached hydrogen (secondary N) is 1. The monoisotopic (exact) mass is 259 g/mol. The topological polar surface area (TPSA) is 50.1 Å².